The molecule has 1 unspecified atom stereocenters. The van der Waals surface area contributed by atoms with Crippen molar-refractivity contribution in [2.45, 2.75) is 38.9 Å². The first-order valence-electron chi connectivity index (χ1n) is 10.7. The first kappa shape index (κ1) is 21.1. The molecule has 1 heterocycles. The van der Waals surface area contributed by atoms with Crippen molar-refractivity contribution in [2.24, 2.45) is 10.9 Å². The molecule has 1 aliphatic heterocycles. The molecule has 1 aromatic carbocycles. The lowest BCUT2D eigenvalue weighted by Crippen LogP contribution is -2.46. The normalized spacial score (nSPS) is 19.6. The molecule has 28 heavy (non-hydrogen) atoms. The van der Waals surface area contributed by atoms with Gasteiger partial charge < -0.3 is 20.3 Å². The molecule has 1 aromatic rings. The minimum atomic E-state index is 0.581. The lowest BCUT2D eigenvalue weighted by Gasteiger charge is -2.27. The molecular formula is C22H37N5O. The van der Waals surface area contributed by atoms with Gasteiger partial charge in [-0.3, -0.25) is 4.90 Å². The molecule has 2 aliphatic rings. The van der Waals surface area contributed by atoms with Crippen LogP contribution in [0, 0.1) is 5.92 Å². The third-order valence-corrected chi connectivity index (χ3v) is 5.68. The highest BCUT2D eigenvalue weighted by molar-refractivity contribution is 5.79. The van der Waals surface area contributed by atoms with Crippen LogP contribution < -0.4 is 10.6 Å². The molecular weight excluding hydrogens is 350 g/mol. The van der Waals surface area contributed by atoms with Crippen LogP contribution in [0.15, 0.2) is 29.3 Å². The van der Waals surface area contributed by atoms with Crippen LogP contribution in [0.1, 0.15) is 30.9 Å². The maximum Gasteiger partial charge on any atom is 0.191 e. The summed E-state index contributed by atoms with van der Waals surface area (Å²) in [5, 5.41) is 6.97. The number of morpholine rings is 1. The molecule has 0 spiro atoms. The molecule has 0 bridgehead atoms. The minimum Gasteiger partial charge on any atom is -0.379 e. The van der Waals surface area contributed by atoms with E-state index in [0.29, 0.717) is 12.6 Å². The monoisotopic (exact) mass is 387 g/mol. The lowest BCUT2D eigenvalue weighted by molar-refractivity contribution is 0.0341. The van der Waals surface area contributed by atoms with E-state index in [4.69, 9.17) is 9.73 Å². The molecule has 0 aromatic heterocycles. The first-order valence-corrected chi connectivity index (χ1v) is 10.7. The maximum atomic E-state index is 5.47. The van der Waals surface area contributed by atoms with E-state index in [0.717, 1.165) is 57.8 Å². The zero-order valence-electron chi connectivity index (χ0n) is 17.8. The maximum absolute atomic E-state index is 5.47. The average molecular weight is 388 g/mol. The van der Waals surface area contributed by atoms with Crippen molar-refractivity contribution in [3.8, 4) is 0 Å². The molecule has 1 aliphatic carbocycles. The van der Waals surface area contributed by atoms with Crippen molar-refractivity contribution in [3.05, 3.63) is 35.4 Å². The van der Waals surface area contributed by atoms with Crippen LogP contribution in [0.2, 0.25) is 0 Å². The predicted octanol–water partition coefficient (Wildman–Crippen LogP) is 1.91. The molecule has 156 valence electrons. The molecule has 6 heteroatoms. The van der Waals surface area contributed by atoms with Gasteiger partial charge in [0.1, 0.15) is 0 Å². The van der Waals surface area contributed by atoms with Gasteiger partial charge in [-0.1, -0.05) is 24.3 Å². The molecule has 2 N–H and O–H groups in total. The van der Waals surface area contributed by atoms with E-state index in [9.17, 15) is 0 Å². The van der Waals surface area contributed by atoms with E-state index in [2.05, 4.69) is 65.7 Å². The fourth-order valence-electron chi connectivity index (χ4n) is 3.83. The summed E-state index contributed by atoms with van der Waals surface area (Å²) >= 11 is 0. The van der Waals surface area contributed by atoms with Crippen molar-refractivity contribution >= 4 is 5.96 Å². The van der Waals surface area contributed by atoms with Gasteiger partial charge >= 0.3 is 0 Å². The number of likely N-dealkylation sites (N-methyl/N-ethyl adjacent to an activating group) is 1. The lowest BCUT2D eigenvalue weighted by atomic mass is 10.1. The van der Waals surface area contributed by atoms with Gasteiger partial charge in [-0.15, -0.1) is 0 Å². The topological polar surface area (TPSA) is 52.1 Å². The second-order valence-electron chi connectivity index (χ2n) is 8.10. The molecule has 3 rings (SSSR count). The van der Waals surface area contributed by atoms with Crippen molar-refractivity contribution < 1.29 is 4.74 Å². The summed E-state index contributed by atoms with van der Waals surface area (Å²) in [7, 11) is 4.35. The van der Waals surface area contributed by atoms with Crippen molar-refractivity contribution in [3.63, 3.8) is 0 Å². The number of rotatable bonds is 9. The highest BCUT2D eigenvalue weighted by Crippen LogP contribution is 2.34. The first-order chi connectivity index (χ1) is 13.7. The van der Waals surface area contributed by atoms with Gasteiger partial charge in [-0.2, -0.15) is 0 Å². The quantitative estimate of drug-likeness (QED) is 0.501. The Kier molecular flexibility index (Phi) is 8.13. The number of benzene rings is 1. The Morgan fingerprint density at radius 2 is 1.89 bits per heavy atom. The van der Waals surface area contributed by atoms with Gasteiger partial charge in [-0.25, -0.2) is 4.99 Å². The fourth-order valence-corrected chi connectivity index (χ4v) is 3.83. The Labute approximate surface area is 170 Å². The van der Waals surface area contributed by atoms with Crippen LogP contribution in [0.4, 0.5) is 0 Å². The van der Waals surface area contributed by atoms with Crippen LogP contribution in [0.25, 0.3) is 0 Å². The second-order valence-corrected chi connectivity index (χ2v) is 8.10. The summed E-state index contributed by atoms with van der Waals surface area (Å²) < 4.78 is 5.47. The Hall–Kier alpha value is -1.63. The Balaban J connectivity index is 1.60. The summed E-state index contributed by atoms with van der Waals surface area (Å²) in [6, 6.07) is 9.26. The Morgan fingerprint density at radius 3 is 2.54 bits per heavy atom. The van der Waals surface area contributed by atoms with Gasteiger partial charge in [-0.05, 0) is 50.9 Å². The molecule has 0 radical (unpaired) electrons. The van der Waals surface area contributed by atoms with E-state index >= 15 is 0 Å². The van der Waals surface area contributed by atoms with Gasteiger partial charge in [0, 0.05) is 38.8 Å². The van der Waals surface area contributed by atoms with Gasteiger partial charge in [0.25, 0.3) is 0 Å². The van der Waals surface area contributed by atoms with Crippen molar-refractivity contribution in [1.29, 1.82) is 0 Å². The Bertz CT molecular complexity index is 621. The van der Waals surface area contributed by atoms with E-state index < -0.39 is 0 Å². The highest BCUT2D eigenvalue weighted by Gasteiger charge is 2.32. The standard InChI is InChI=1S/C22H37N5O/c1-4-23-22(25-16-21(26(2)3)18-9-10-18)24-15-19-7-5-6-8-20(19)17-27-11-13-28-14-12-27/h5-8,18,21H,4,9-17H2,1-3H3,(H2,23,24,25). The smallest absolute Gasteiger partial charge is 0.191 e. The van der Waals surface area contributed by atoms with Gasteiger partial charge in [0.2, 0.25) is 0 Å². The molecule has 1 atom stereocenters. The summed E-state index contributed by atoms with van der Waals surface area (Å²) in [4.78, 5) is 9.69. The minimum absolute atomic E-state index is 0.581. The summed E-state index contributed by atoms with van der Waals surface area (Å²) in [5.74, 6) is 1.75. The predicted molar refractivity (Wildman–Crippen MR) is 116 cm³/mol. The van der Waals surface area contributed by atoms with Crippen LogP contribution >= 0.6 is 0 Å². The molecule has 1 saturated carbocycles. The average Bonchev–Trinajstić information content (AvgIpc) is 3.53. The third kappa shape index (κ3) is 6.47. The number of nitrogens with zero attached hydrogens (tertiary/aromatic N) is 3. The van der Waals surface area contributed by atoms with Crippen LogP contribution in [0.3, 0.4) is 0 Å². The molecule has 2 fully saturated rings. The van der Waals surface area contributed by atoms with E-state index in [1.54, 1.807) is 0 Å². The van der Waals surface area contributed by atoms with Crippen LogP contribution in [-0.4, -0.2) is 75.3 Å². The molecule has 6 nitrogen and oxygen atoms in total. The second kappa shape index (κ2) is 10.8. The number of hydrogen-bond donors (Lipinski definition) is 2. The number of guanidine groups is 1. The SMILES string of the molecule is CCNC(=NCc1ccccc1CN1CCOCC1)NCC(C1CC1)N(C)C. The number of ether oxygens (including phenoxy) is 1. The number of aliphatic imine (C=N–C) groups is 1. The summed E-state index contributed by atoms with van der Waals surface area (Å²) in [6.07, 6.45) is 2.71. The van der Waals surface area contributed by atoms with Crippen LogP contribution in [0.5, 0.6) is 0 Å². The van der Waals surface area contributed by atoms with E-state index in [1.807, 2.05) is 0 Å². The van der Waals surface area contributed by atoms with Gasteiger partial charge in [0.05, 0.1) is 19.8 Å². The number of nitrogens with one attached hydrogen (secondary N) is 2. The highest BCUT2D eigenvalue weighted by atomic mass is 16.5. The zero-order chi connectivity index (χ0) is 19.8. The fraction of sp³-hybridized carbons (Fsp3) is 0.682. The zero-order valence-corrected chi connectivity index (χ0v) is 17.8. The molecule has 0 amide bonds. The number of hydrogen-bond acceptors (Lipinski definition) is 4. The summed E-state index contributed by atoms with van der Waals surface area (Å²) in [6.45, 7) is 9.30. The van der Waals surface area contributed by atoms with Crippen LogP contribution in [-0.2, 0) is 17.8 Å². The van der Waals surface area contributed by atoms with Crippen molar-refractivity contribution in [2.75, 3.05) is 53.5 Å². The third-order valence-electron chi connectivity index (χ3n) is 5.68. The molecule has 1 saturated heterocycles. The Morgan fingerprint density at radius 1 is 1.18 bits per heavy atom. The van der Waals surface area contributed by atoms with Gasteiger partial charge in [0.15, 0.2) is 5.96 Å². The van der Waals surface area contributed by atoms with E-state index in [-0.39, 0.29) is 0 Å². The summed E-state index contributed by atoms with van der Waals surface area (Å²) in [5.41, 5.74) is 2.67. The van der Waals surface area contributed by atoms with E-state index in [1.165, 1.54) is 24.0 Å². The largest absolute Gasteiger partial charge is 0.379 e. The van der Waals surface area contributed by atoms with Crippen molar-refractivity contribution in [1.82, 2.24) is 20.4 Å².